The van der Waals surface area contributed by atoms with Crippen LogP contribution in [0.1, 0.15) is 12.8 Å². The molecule has 2 aromatic heterocycles. The van der Waals surface area contributed by atoms with E-state index >= 15 is 0 Å². The molecule has 2 aliphatic heterocycles. The number of hydrogen-bond acceptors (Lipinski definition) is 13. The lowest BCUT2D eigenvalue weighted by Gasteiger charge is -2.28. The van der Waals surface area contributed by atoms with Gasteiger partial charge in [0.1, 0.15) is 22.4 Å². The molecule has 4 radical (unpaired) electrons. The van der Waals surface area contributed by atoms with Crippen LogP contribution < -0.4 is 26.6 Å². The summed E-state index contributed by atoms with van der Waals surface area (Å²) in [5.74, 6) is -0.0595. The van der Waals surface area contributed by atoms with Gasteiger partial charge in [0, 0.05) is 24.1 Å². The van der Waals surface area contributed by atoms with Crippen LogP contribution in [-0.4, -0.2) is 115 Å². The Hall–Kier alpha value is -0.280. The lowest BCUT2D eigenvalue weighted by Crippen LogP contribution is -2.39. The Kier molecular flexibility index (Phi) is 13.3. The second-order valence-electron chi connectivity index (χ2n) is 9.95. The summed E-state index contributed by atoms with van der Waals surface area (Å²) in [7, 11) is 13.3. The minimum atomic E-state index is -3.68. The molecular formula is C19H33B2N8O10P3S3. The normalized spacial score (nSPS) is 29.4. The van der Waals surface area contributed by atoms with E-state index in [2.05, 4.69) is 42.5 Å². The fourth-order valence-corrected chi connectivity index (χ4v) is 8.63. The second-order valence-corrected chi connectivity index (χ2v) is 19.4. The van der Waals surface area contributed by atoms with Gasteiger partial charge in [0.2, 0.25) is 5.95 Å². The summed E-state index contributed by atoms with van der Waals surface area (Å²) in [5, 5.41) is 8.18. The van der Waals surface area contributed by atoms with Crippen molar-refractivity contribution >= 4 is 88.7 Å². The van der Waals surface area contributed by atoms with Crippen LogP contribution >= 0.6 is 32.3 Å². The first-order chi connectivity index (χ1) is 21.1. The van der Waals surface area contributed by atoms with E-state index in [4.69, 9.17) is 72.8 Å². The molecule has 0 amide bonds. The lowest BCUT2D eigenvalue weighted by atomic mass is 9.95. The van der Waals surface area contributed by atoms with Crippen molar-refractivity contribution in [3.8, 4) is 0 Å². The number of nitrogens with zero attached hydrogens (tertiary/aromatic N) is 3. The molecule has 248 valence electrons. The van der Waals surface area contributed by atoms with Crippen LogP contribution in [0.3, 0.4) is 0 Å². The third kappa shape index (κ3) is 11.1. The van der Waals surface area contributed by atoms with Crippen LogP contribution in [0, 0.1) is 0 Å². The maximum Gasteiger partial charge on any atom is 0.323 e. The summed E-state index contributed by atoms with van der Waals surface area (Å²) in [6.45, 7) is -10.9. The molecule has 2 fully saturated rings. The van der Waals surface area contributed by atoms with E-state index in [9.17, 15) is 19.1 Å². The Bertz CT molecular complexity index is 1530. The van der Waals surface area contributed by atoms with Gasteiger partial charge in [-0.15, -0.1) is 0 Å². The molecule has 2 aliphatic rings. The molecular weight excluding hydrogens is 711 g/mol. The van der Waals surface area contributed by atoms with Crippen molar-refractivity contribution in [3.05, 3.63) is 16.7 Å². The highest BCUT2D eigenvalue weighted by Gasteiger charge is 2.40. The molecule has 0 aromatic carbocycles. The fraction of sp³-hybridized carbons (Fsp3) is 0.737. The van der Waals surface area contributed by atoms with E-state index in [1.165, 1.54) is 17.9 Å². The van der Waals surface area contributed by atoms with Gasteiger partial charge in [0.25, 0.3) is 18.8 Å². The van der Waals surface area contributed by atoms with Crippen LogP contribution in [0.25, 0.3) is 11.2 Å². The topological polar surface area (TPSA) is 239 Å². The lowest BCUT2D eigenvalue weighted by molar-refractivity contribution is 0.0373. The van der Waals surface area contributed by atoms with Gasteiger partial charge in [-0.1, -0.05) is 12.2 Å². The molecule has 18 nitrogen and oxygen atoms in total. The Balaban J connectivity index is 1.23. The maximum absolute atomic E-state index is 13.0. The zero-order valence-electron chi connectivity index (χ0n) is 23.8. The molecule has 26 heteroatoms. The number of anilines is 1. The molecule has 0 spiro atoms. The van der Waals surface area contributed by atoms with Crippen LogP contribution in [-0.2, 0) is 62.7 Å². The number of nitrogens with one attached hydrogen (secondary N) is 4. The van der Waals surface area contributed by atoms with E-state index in [0.717, 1.165) is 0 Å². The number of imidazole rings is 1. The summed E-state index contributed by atoms with van der Waals surface area (Å²) < 4.78 is 47.7. The average Bonchev–Trinajstić information content (AvgIpc) is 3.61. The third-order valence-electron chi connectivity index (χ3n) is 6.55. The fourth-order valence-electron chi connectivity index (χ4n) is 4.49. The number of nitrogen functional groups attached to an aromatic ring is 1. The van der Waals surface area contributed by atoms with E-state index in [1.54, 1.807) is 0 Å². The standard InChI is InChI=1S/C19H33B2N8O10P3S3/c1-23-40(31,43)36-6-12-11(5-15(21)38-12)28-42(33,45)37-7-13-10(4-14(20)39-13)27-41(32,44)35-3-2-34-9-29-8-24-16-17(29)25-19(22)26-18(16)30/h8,10-15H,2-7,9H2,1H3,(H2,23,31,43)(H2,27,32,44)(H2,28,33,45)(H3,22,25,26,30). The molecule has 8 N–H and O–H groups in total. The predicted octanol–water partition coefficient (Wildman–Crippen LogP) is -1.10. The molecule has 45 heavy (non-hydrogen) atoms. The highest BCUT2D eigenvalue weighted by molar-refractivity contribution is 8.45. The van der Waals surface area contributed by atoms with Crippen molar-refractivity contribution in [2.24, 2.45) is 0 Å². The van der Waals surface area contributed by atoms with Gasteiger partial charge in [-0.3, -0.25) is 18.9 Å². The number of aromatic nitrogens is 4. The van der Waals surface area contributed by atoms with E-state index in [1.807, 2.05) is 0 Å². The Morgan fingerprint density at radius 1 is 1.11 bits per heavy atom. The molecule has 9 atom stereocenters. The number of H-pyrrole nitrogens is 1. The van der Waals surface area contributed by atoms with Gasteiger partial charge in [-0.25, -0.2) is 20.2 Å². The first kappa shape index (κ1) is 37.5. The predicted molar refractivity (Wildman–Crippen MR) is 177 cm³/mol. The molecule has 2 aromatic rings. The zero-order valence-corrected chi connectivity index (χ0v) is 29.0. The number of rotatable bonds is 17. The van der Waals surface area contributed by atoms with E-state index in [-0.39, 0.29) is 63.1 Å². The summed E-state index contributed by atoms with van der Waals surface area (Å²) in [4.78, 5) is 43.1. The summed E-state index contributed by atoms with van der Waals surface area (Å²) in [5.41, 5.74) is 5.47. The summed E-state index contributed by atoms with van der Waals surface area (Å²) in [6, 6.07) is -2.55. The van der Waals surface area contributed by atoms with Crippen molar-refractivity contribution < 1.29 is 42.1 Å². The summed E-state index contributed by atoms with van der Waals surface area (Å²) in [6.07, 6.45) is 0.482. The van der Waals surface area contributed by atoms with Gasteiger partial charge < -0.3 is 43.3 Å². The minimum Gasteiger partial charge on any atom is -0.381 e. The van der Waals surface area contributed by atoms with E-state index in [0.29, 0.717) is 0 Å². The molecule has 0 bridgehead atoms. The van der Waals surface area contributed by atoms with Crippen LogP contribution in [0.2, 0.25) is 0 Å². The SMILES string of the molecule is [B]C1CC(NP(=O)(S)OCCOCn2cnc3c(=O)[nH]c(N)nc32)C(COP(O)(=S)NC2CC([B])OC2COP(O)(=S)NC)O1. The van der Waals surface area contributed by atoms with E-state index < -0.39 is 61.9 Å². The zero-order chi connectivity index (χ0) is 33.0. The van der Waals surface area contributed by atoms with Crippen molar-refractivity contribution in [1.29, 1.82) is 0 Å². The third-order valence-corrected chi connectivity index (χ3v) is 12.2. The molecule has 0 saturated carbocycles. The largest absolute Gasteiger partial charge is 0.381 e. The second kappa shape index (κ2) is 16.0. The maximum atomic E-state index is 13.0. The van der Waals surface area contributed by atoms with Crippen LogP contribution in [0.5, 0.6) is 0 Å². The number of aromatic amines is 1. The Morgan fingerprint density at radius 2 is 1.71 bits per heavy atom. The molecule has 0 aliphatic carbocycles. The number of thiol groups is 1. The number of fused-ring (bicyclic) bond motifs is 1. The average molecular weight is 744 g/mol. The quantitative estimate of drug-likeness (QED) is 0.0415. The smallest absolute Gasteiger partial charge is 0.323 e. The number of nitrogens with two attached hydrogens (primary N) is 1. The molecule has 4 rings (SSSR count). The van der Waals surface area contributed by atoms with Crippen molar-refractivity contribution in [2.75, 3.05) is 39.2 Å². The van der Waals surface area contributed by atoms with Gasteiger partial charge in [-0.05, 0) is 43.5 Å². The first-order valence-corrected chi connectivity index (χ1v) is 21.5. The van der Waals surface area contributed by atoms with Crippen molar-refractivity contribution in [3.63, 3.8) is 0 Å². The van der Waals surface area contributed by atoms with Crippen LogP contribution in [0.4, 0.5) is 5.95 Å². The summed E-state index contributed by atoms with van der Waals surface area (Å²) >= 11 is 14.4. The van der Waals surface area contributed by atoms with Gasteiger partial charge in [0.05, 0.1) is 45.0 Å². The Morgan fingerprint density at radius 3 is 2.33 bits per heavy atom. The highest BCUT2D eigenvalue weighted by Crippen LogP contribution is 2.49. The monoisotopic (exact) mass is 744 g/mol. The van der Waals surface area contributed by atoms with Crippen molar-refractivity contribution in [2.45, 2.75) is 55.9 Å². The van der Waals surface area contributed by atoms with Gasteiger partial charge in [-0.2, -0.15) is 4.98 Å². The number of hydrogen-bond donors (Lipinski definition) is 8. The highest BCUT2D eigenvalue weighted by atomic mass is 32.7. The van der Waals surface area contributed by atoms with Crippen LogP contribution in [0.15, 0.2) is 11.1 Å². The minimum absolute atomic E-state index is 0.0138. The van der Waals surface area contributed by atoms with Crippen molar-refractivity contribution in [1.82, 2.24) is 34.8 Å². The first-order valence-electron chi connectivity index (χ1n) is 13.3. The molecule has 4 heterocycles. The van der Waals surface area contributed by atoms with Gasteiger partial charge >= 0.3 is 6.72 Å². The molecule has 9 unspecified atom stereocenters. The number of ether oxygens (including phenoxy) is 3. The Labute approximate surface area is 276 Å². The molecule has 2 saturated heterocycles. The van der Waals surface area contributed by atoms with Gasteiger partial charge in [0.15, 0.2) is 11.2 Å².